The largest absolute Gasteiger partial charge is 0.478 e. The van der Waals surface area contributed by atoms with Gasteiger partial charge in [0.15, 0.2) is 0 Å². The molecule has 7 nitrogen and oxygen atoms in total. The number of hydrogen-bond donors (Lipinski definition) is 2. The summed E-state index contributed by atoms with van der Waals surface area (Å²) in [4.78, 5) is 24.5. The van der Waals surface area contributed by atoms with Crippen LogP contribution in [-0.2, 0) is 21.2 Å². The van der Waals surface area contributed by atoms with Crippen molar-refractivity contribution in [1.29, 1.82) is 0 Å². The van der Waals surface area contributed by atoms with E-state index in [1.54, 1.807) is 17.0 Å². The molecule has 1 aliphatic heterocycles. The van der Waals surface area contributed by atoms with Crippen molar-refractivity contribution in [2.75, 3.05) is 16.2 Å². The van der Waals surface area contributed by atoms with Gasteiger partial charge in [-0.15, -0.1) is 0 Å². The maximum atomic E-state index is 12.6. The van der Waals surface area contributed by atoms with Crippen LogP contribution < -0.4 is 9.62 Å². The fourth-order valence-corrected chi connectivity index (χ4v) is 4.10. The van der Waals surface area contributed by atoms with E-state index in [2.05, 4.69) is 4.72 Å². The first kappa shape index (κ1) is 17.9. The molecule has 0 saturated carbocycles. The molecule has 136 valence electrons. The summed E-state index contributed by atoms with van der Waals surface area (Å²) in [7, 11) is -3.87. The van der Waals surface area contributed by atoms with Gasteiger partial charge in [0.25, 0.3) is 10.0 Å². The highest BCUT2D eigenvalue weighted by atomic mass is 32.2. The number of rotatable bonds is 4. The predicted molar refractivity (Wildman–Crippen MR) is 97.0 cm³/mol. The number of carboxylic acids is 1. The van der Waals surface area contributed by atoms with Gasteiger partial charge in [0.2, 0.25) is 5.91 Å². The van der Waals surface area contributed by atoms with E-state index >= 15 is 0 Å². The third kappa shape index (κ3) is 3.55. The highest BCUT2D eigenvalue weighted by Gasteiger charge is 2.23. The van der Waals surface area contributed by atoms with Gasteiger partial charge in [-0.2, -0.15) is 0 Å². The summed E-state index contributed by atoms with van der Waals surface area (Å²) in [5.41, 5.74) is 1.70. The number of hydrogen-bond acceptors (Lipinski definition) is 4. The zero-order valence-electron chi connectivity index (χ0n) is 14.1. The van der Waals surface area contributed by atoms with Crippen molar-refractivity contribution < 1.29 is 23.1 Å². The van der Waals surface area contributed by atoms with Crippen molar-refractivity contribution in [3.8, 4) is 0 Å². The Balaban J connectivity index is 1.92. The number of amides is 1. The zero-order chi connectivity index (χ0) is 18.9. The molecule has 0 saturated heterocycles. The molecule has 0 spiro atoms. The van der Waals surface area contributed by atoms with Gasteiger partial charge < -0.3 is 10.0 Å². The minimum absolute atomic E-state index is 0.00672. The van der Waals surface area contributed by atoms with Crippen LogP contribution in [0.25, 0.3) is 0 Å². The Bertz CT molecular complexity index is 985. The van der Waals surface area contributed by atoms with E-state index in [9.17, 15) is 18.0 Å². The number of sulfonamides is 1. The molecule has 0 aliphatic carbocycles. The third-order valence-electron chi connectivity index (χ3n) is 4.22. The topological polar surface area (TPSA) is 104 Å². The average Bonchev–Trinajstić information content (AvgIpc) is 2.60. The van der Waals surface area contributed by atoms with Gasteiger partial charge in [0.1, 0.15) is 0 Å². The molecule has 0 radical (unpaired) electrons. The van der Waals surface area contributed by atoms with Crippen LogP contribution in [-0.4, -0.2) is 31.9 Å². The van der Waals surface area contributed by atoms with Gasteiger partial charge in [-0.05, 0) is 54.8 Å². The van der Waals surface area contributed by atoms with Gasteiger partial charge in [-0.25, -0.2) is 13.2 Å². The number of aryl methyl sites for hydroxylation is 1. The molecule has 3 rings (SSSR count). The van der Waals surface area contributed by atoms with Crippen molar-refractivity contribution in [3.05, 3.63) is 53.6 Å². The summed E-state index contributed by atoms with van der Waals surface area (Å²) in [6, 6.07) is 10.2. The Morgan fingerprint density at radius 1 is 1.15 bits per heavy atom. The molecule has 0 atom stereocenters. The number of aromatic carboxylic acids is 1. The molecule has 1 heterocycles. The van der Waals surface area contributed by atoms with E-state index in [4.69, 9.17) is 5.11 Å². The molecular formula is C18H18N2O5S. The molecule has 0 fully saturated rings. The molecule has 1 aliphatic rings. The molecule has 1 amide bonds. The summed E-state index contributed by atoms with van der Waals surface area (Å²) in [5.74, 6) is -1.21. The van der Waals surface area contributed by atoms with Crippen molar-refractivity contribution in [2.45, 2.75) is 24.7 Å². The minimum Gasteiger partial charge on any atom is -0.478 e. The fraction of sp³-hybridized carbons (Fsp3) is 0.222. The SMILES string of the molecule is CC(=O)N1CCCc2cc(S(=O)(=O)Nc3cccc(C(=O)O)c3)ccc21. The van der Waals surface area contributed by atoms with E-state index in [1.165, 1.54) is 37.3 Å². The highest BCUT2D eigenvalue weighted by molar-refractivity contribution is 7.92. The number of nitrogens with one attached hydrogen (secondary N) is 1. The van der Waals surface area contributed by atoms with Crippen LogP contribution in [0.3, 0.4) is 0 Å². The van der Waals surface area contributed by atoms with Gasteiger partial charge in [-0.1, -0.05) is 6.07 Å². The number of carbonyl (C=O) groups excluding carboxylic acids is 1. The summed E-state index contributed by atoms with van der Waals surface area (Å²) in [6.45, 7) is 2.10. The van der Waals surface area contributed by atoms with E-state index in [1.807, 2.05) is 0 Å². The highest BCUT2D eigenvalue weighted by Crippen LogP contribution is 2.30. The number of carboxylic acid groups (broad SMARTS) is 1. The molecular weight excluding hydrogens is 356 g/mol. The van der Waals surface area contributed by atoms with Crippen LogP contribution in [0.5, 0.6) is 0 Å². The van der Waals surface area contributed by atoms with Gasteiger partial charge in [-0.3, -0.25) is 9.52 Å². The molecule has 2 aromatic carbocycles. The second-order valence-electron chi connectivity index (χ2n) is 6.06. The average molecular weight is 374 g/mol. The first-order valence-electron chi connectivity index (χ1n) is 8.05. The quantitative estimate of drug-likeness (QED) is 0.856. The summed E-state index contributed by atoms with van der Waals surface area (Å²) in [5, 5.41) is 9.02. The van der Waals surface area contributed by atoms with Gasteiger partial charge in [0.05, 0.1) is 10.5 Å². The Morgan fingerprint density at radius 3 is 2.62 bits per heavy atom. The van der Waals surface area contributed by atoms with E-state index in [0.717, 1.165) is 17.7 Å². The number of anilines is 2. The van der Waals surface area contributed by atoms with Crippen molar-refractivity contribution in [2.24, 2.45) is 0 Å². The molecule has 8 heteroatoms. The van der Waals surface area contributed by atoms with Crippen LogP contribution in [0.4, 0.5) is 11.4 Å². The lowest BCUT2D eigenvalue weighted by Crippen LogP contribution is -2.33. The first-order chi connectivity index (χ1) is 12.3. The summed E-state index contributed by atoms with van der Waals surface area (Å²) in [6.07, 6.45) is 1.46. The number of nitrogens with zero attached hydrogens (tertiary/aromatic N) is 1. The number of fused-ring (bicyclic) bond motifs is 1. The lowest BCUT2D eigenvalue weighted by molar-refractivity contribution is -0.116. The minimum atomic E-state index is -3.87. The van der Waals surface area contributed by atoms with Crippen molar-refractivity contribution >= 4 is 33.3 Å². The van der Waals surface area contributed by atoms with Crippen molar-refractivity contribution in [1.82, 2.24) is 0 Å². The van der Waals surface area contributed by atoms with E-state index < -0.39 is 16.0 Å². The molecule has 2 aromatic rings. The van der Waals surface area contributed by atoms with Crippen LogP contribution in [0.1, 0.15) is 29.3 Å². The number of benzene rings is 2. The second kappa shape index (κ2) is 6.80. The Labute approximate surface area is 151 Å². The smallest absolute Gasteiger partial charge is 0.335 e. The second-order valence-corrected chi connectivity index (χ2v) is 7.74. The van der Waals surface area contributed by atoms with Crippen LogP contribution >= 0.6 is 0 Å². The van der Waals surface area contributed by atoms with Gasteiger partial charge in [0, 0.05) is 24.8 Å². The fourth-order valence-electron chi connectivity index (χ4n) is 3.00. The van der Waals surface area contributed by atoms with E-state index in [-0.39, 0.29) is 22.1 Å². The van der Waals surface area contributed by atoms with E-state index in [0.29, 0.717) is 13.0 Å². The summed E-state index contributed by atoms with van der Waals surface area (Å²) < 4.78 is 27.7. The predicted octanol–water partition coefficient (Wildman–Crippen LogP) is 2.48. The molecule has 0 unspecified atom stereocenters. The number of carbonyl (C=O) groups is 2. The maximum absolute atomic E-state index is 12.6. The molecule has 0 bridgehead atoms. The molecule has 2 N–H and O–H groups in total. The standard InChI is InChI=1S/C18H18N2O5S/c1-12(21)20-9-3-5-13-11-16(7-8-17(13)20)26(24,25)19-15-6-2-4-14(10-15)18(22)23/h2,4,6-8,10-11,19H,3,5,9H2,1H3,(H,22,23). The van der Waals surface area contributed by atoms with Crippen LogP contribution in [0.2, 0.25) is 0 Å². The first-order valence-corrected chi connectivity index (χ1v) is 9.53. The van der Waals surface area contributed by atoms with Crippen LogP contribution in [0.15, 0.2) is 47.4 Å². The lowest BCUT2D eigenvalue weighted by atomic mass is 10.0. The Morgan fingerprint density at radius 2 is 1.92 bits per heavy atom. The molecule has 26 heavy (non-hydrogen) atoms. The normalized spacial score (nSPS) is 13.8. The lowest BCUT2D eigenvalue weighted by Gasteiger charge is -2.28. The maximum Gasteiger partial charge on any atom is 0.335 e. The van der Waals surface area contributed by atoms with Crippen molar-refractivity contribution in [3.63, 3.8) is 0 Å². The third-order valence-corrected chi connectivity index (χ3v) is 5.60. The monoisotopic (exact) mass is 374 g/mol. The summed E-state index contributed by atoms with van der Waals surface area (Å²) >= 11 is 0. The zero-order valence-corrected chi connectivity index (χ0v) is 14.9. The van der Waals surface area contributed by atoms with Gasteiger partial charge >= 0.3 is 5.97 Å². The molecule has 0 aromatic heterocycles. The Kier molecular flexibility index (Phi) is 4.69. The van der Waals surface area contributed by atoms with Crippen LogP contribution in [0, 0.1) is 0 Å². The Hall–Kier alpha value is -2.87.